The monoisotopic (exact) mass is 360 g/mol. The van der Waals surface area contributed by atoms with Gasteiger partial charge in [-0.15, -0.1) is 0 Å². The predicted octanol–water partition coefficient (Wildman–Crippen LogP) is 4.58. The van der Waals surface area contributed by atoms with Gasteiger partial charge in [0.05, 0.1) is 0 Å². The minimum Gasteiger partial charge on any atom is -0.475 e. The number of unbranched alkanes of at least 4 members (excludes halogenated alkanes) is 4. The molecule has 0 bridgehead atoms. The molecule has 4 nitrogen and oxygen atoms in total. The molecule has 0 aliphatic carbocycles. The average molecular weight is 360 g/mol. The standard InChI is InChI=1S/C13H30O2Si.C2HF3O2/c1-5-13(15-16(2,3)4)11-9-7-6-8-10-12-14;3-2(4,5)1(6)7/h13-14H,5-12H2,1-4H3;(H,6,7). The molecule has 0 aromatic carbocycles. The highest BCUT2D eigenvalue weighted by Crippen LogP contribution is 2.16. The molecule has 1 unspecified atom stereocenters. The fourth-order valence-electron chi connectivity index (χ4n) is 1.86. The van der Waals surface area contributed by atoms with Crippen molar-refractivity contribution < 1.29 is 32.6 Å². The topological polar surface area (TPSA) is 66.8 Å². The van der Waals surface area contributed by atoms with Crippen molar-refractivity contribution in [3.8, 4) is 0 Å². The van der Waals surface area contributed by atoms with Gasteiger partial charge in [0.1, 0.15) is 0 Å². The van der Waals surface area contributed by atoms with Crippen LogP contribution in [0, 0.1) is 0 Å². The summed E-state index contributed by atoms with van der Waals surface area (Å²) in [6.45, 7) is 9.34. The number of alkyl halides is 3. The summed E-state index contributed by atoms with van der Waals surface area (Å²) in [5.41, 5.74) is 0. The van der Waals surface area contributed by atoms with Gasteiger partial charge in [-0.2, -0.15) is 13.2 Å². The van der Waals surface area contributed by atoms with Crippen molar-refractivity contribution in [3.05, 3.63) is 0 Å². The van der Waals surface area contributed by atoms with Crippen molar-refractivity contribution >= 4 is 14.3 Å². The Balaban J connectivity index is 0. The maximum absolute atomic E-state index is 10.6. The molecule has 0 saturated heterocycles. The summed E-state index contributed by atoms with van der Waals surface area (Å²) < 4.78 is 37.8. The first kappa shape index (κ1) is 24.6. The van der Waals surface area contributed by atoms with E-state index in [1.54, 1.807) is 0 Å². The number of aliphatic hydroxyl groups is 1. The van der Waals surface area contributed by atoms with E-state index < -0.39 is 20.5 Å². The molecule has 0 rings (SSSR count). The lowest BCUT2D eigenvalue weighted by Crippen LogP contribution is -2.31. The van der Waals surface area contributed by atoms with Gasteiger partial charge in [-0.25, -0.2) is 4.79 Å². The predicted molar refractivity (Wildman–Crippen MR) is 87.0 cm³/mol. The Morgan fingerprint density at radius 3 is 1.87 bits per heavy atom. The number of hydrogen-bond donors (Lipinski definition) is 2. The van der Waals surface area contributed by atoms with Crippen LogP contribution in [-0.2, 0) is 9.22 Å². The van der Waals surface area contributed by atoms with Gasteiger partial charge in [0.15, 0.2) is 8.32 Å². The SMILES string of the molecule is CCC(CCCCCCCO)O[Si](C)(C)C.O=C(O)C(F)(F)F. The summed E-state index contributed by atoms with van der Waals surface area (Å²) in [4.78, 5) is 8.90. The van der Waals surface area contributed by atoms with Crippen LogP contribution in [0.5, 0.6) is 0 Å². The number of carboxylic acids is 1. The quantitative estimate of drug-likeness (QED) is 0.442. The summed E-state index contributed by atoms with van der Waals surface area (Å²) in [6, 6.07) is 0. The van der Waals surface area contributed by atoms with E-state index in [9.17, 15) is 13.2 Å². The van der Waals surface area contributed by atoms with Crippen LogP contribution in [-0.4, -0.2) is 43.4 Å². The van der Waals surface area contributed by atoms with E-state index >= 15 is 0 Å². The Morgan fingerprint density at radius 2 is 1.52 bits per heavy atom. The smallest absolute Gasteiger partial charge is 0.475 e. The van der Waals surface area contributed by atoms with Gasteiger partial charge in [0.2, 0.25) is 0 Å². The zero-order valence-electron chi connectivity index (χ0n) is 14.6. The second-order valence-electron chi connectivity index (χ2n) is 6.34. The first-order valence-corrected chi connectivity index (χ1v) is 11.4. The van der Waals surface area contributed by atoms with Crippen molar-refractivity contribution in [2.24, 2.45) is 0 Å². The summed E-state index contributed by atoms with van der Waals surface area (Å²) >= 11 is 0. The summed E-state index contributed by atoms with van der Waals surface area (Å²) in [5, 5.41) is 15.8. The zero-order chi connectivity index (χ0) is 18.5. The maximum atomic E-state index is 10.6. The van der Waals surface area contributed by atoms with Crippen LogP contribution in [0.3, 0.4) is 0 Å². The number of aliphatic carboxylic acids is 1. The summed E-state index contributed by atoms with van der Waals surface area (Å²) in [7, 11) is -1.36. The third-order valence-electron chi connectivity index (χ3n) is 2.90. The van der Waals surface area contributed by atoms with Crippen LogP contribution in [0.15, 0.2) is 0 Å². The van der Waals surface area contributed by atoms with E-state index in [0.717, 1.165) is 12.8 Å². The van der Waals surface area contributed by atoms with Gasteiger partial charge >= 0.3 is 12.1 Å². The number of rotatable bonds is 10. The number of carbonyl (C=O) groups is 1. The molecule has 2 N–H and O–H groups in total. The third kappa shape index (κ3) is 19.4. The maximum Gasteiger partial charge on any atom is 0.490 e. The van der Waals surface area contributed by atoms with E-state index in [2.05, 4.69) is 26.6 Å². The van der Waals surface area contributed by atoms with E-state index in [-0.39, 0.29) is 0 Å². The van der Waals surface area contributed by atoms with Gasteiger partial charge in [-0.05, 0) is 38.9 Å². The normalized spacial score (nSPS) is 13.2. The fourth-order valence-corrected chi connectivity index (χ4v) is 3.15. The molecule has 0 amide bonds. The lowest BCUT2D eigenvalue weighted by Gasteiger charge is -2.25. The Bertz CT molecular complexity index is 304. The van der Waals surface area contributed by atoms with Crippen LogP contribution in [0.4, 0.5) is 13.2 Å². The van der Waals surface area contributed by atoms with Gasteiger partial charge in [-0.1, -0.05) is 32.6 Å². The van der Waals surface area contributed by atoms with Crippen LogP contribution in [0.2, 0.25) is 19.6 Å². The largest absolute Gasteiger partial charge is 0.490 e. The molecule has 0 aliphatic rings. The molecular formula is C15H31F3O4Si. The molecule has 23 heavy (non-hydrogen) atoms. The molecule has 8 heteroatoms. The van der Waals surface area contributed by atoms with Crippen molar-refractivity contribution in [1.82, 2.24) is 0 Å². The zero-order valence-corrected chi connectivity index (χ0v) is 15.6. The molecule has 0 heterocycles. The van der Waals surface area contributed by atoms with Crippen LogP contribution in [0.25, 0.3) is 0 Å². The van der Waals surface area contributed by atoms with Gasteiger partial charge in [-0.3, -0.25) is 0 Å². The first-order valence-electron chi connectivity index (χ1n) is 8.02. The lowest BCUT2D eigenvalue weighted by molar-refractivity contribution is -0.192. The van der Waals surface area contributed by atoms with Crippen LogP contribution >= 0.6 is 0 Å². The lowest BCUT2D eigenvalue weighted by atomic mass is 10.1. The Morgan fingerprint density at radius 1 is 1.09 bits per heavy atom. The molecule has 0 spiro atoms. The Kier molecular flexibility index (Phi) is 13.7. The van der Waals surface area contributed by atoms with Gasteiger partial charge in [0.25, 0.3) is 0 Å². The molecule has 0 saturated carbocycles. The van der Waals surface area contributed by atoms with Crippen molar-refractivity contribution in [2.45, 2.75) is 83.8 Å². The minimum atomic E-state index is -5.08. The van der Waals surface area contributed by atoms with Gasteiger partial charge < -0.3 is 14.6 Å². The fraction of sp³-hybridized carbons (Fsp3) is 0.933. The molecule has 0 aromatic heterocycles. The molecule has 0 aliphatic heterocycles. The molecule has 140 valence electrons. The second-order valence-corrected chi connectivity index (χ2v) is 10.8. The van der Waals surface area contributed by atoms with E-state index in [0.29, 0.717) is 12.7 Å². The Labute approximate surface area is 138 Å². The number of hydrogen-bond acceptors (Lipinski definition) is 3. The highest BCUT2D eigenvalue weighted by atomic mass is 28.4. The number of halogens is 3. The number of aliphatic hydroxyl groups excluding tert-OH is 1. The highest BCUT2D eigenvalue weighted by molar-refractivity contribution is 6.69. The first-order chi connectivity index (χ1) is 10.4. The van der Waals surface area contributed by atoms with E-state index in [1.165, 1.54) is 32.1 Å². The summed E-state index contributed by atoms with van der Waals surface area (Å²) in [6.07, 6.45) is 3.68. The molecule has 0 fully saturated rings. The van der Waals surface area contributed by atoms with Crippen molar-refractivity contribution in [3.63, 3.8) is 0 Å². The van der Waals surface area contributed by atoms with E-state index in [1.807, 2.05) is 0 Å². The molecule has 0 aromatic rings. The average Bonchev–Trinajstić information content (AvgIpc) is 2.39. The Hall–Kier alpha value is -0.603. The molecular weight excluding hydrogens is 329 g/mol. The second kappa shape index (κ2) is 12.8. The van der Waals surface area contributed by atoms with E-state index in [4.69, 9.17) is 19.4 Å². The minimum absolute atomic E-state index is 0.344. The number of carboxylic acid groups (broad SMARTS) is 1. The van der Waals surface area contributed by atoms with Gasteiger partial charge in [0, 0.05) is 12.7 Å². The molecule has 0 radical (unpaired) electrons. The highest BCUT2D eigenvalue weighted by Gasteiger charge is 2.38. The van der Waals surface area contributed by atoms with Crippen molar-refractivity contribution in [1.29, 1.82) is 0 Å². The van der Waals surface area contributed by atoms with Crippen LogP contribution < -0.4 is 0 Å². The summed E-state index contributed by atoms with van der Waals surface area (Å²) in [5.74, 6) is -2.76. The third-order valence-corrected chi connectivity index (χ3v) is 3.94. The van der Waals surface area contributed by atoms with Crippen molar-refractivity contribution in [2.75, 3.05) is 6.61 Å². The molecule has 1 atom stereocenters. The van der Waals surface area contributed by atoms with Crippen LogP contribution in [0.1, 0.15) is 51.9 Å².